The number of ether oxygens (including phenoxy) is 1. The molecule has 1 heterocycles. The molecule has 3 rings (SSSR count). The molecular weight excluding hydrogens is 358 g/mol. The molecule has 4 nitrogen and oxygen atoms in total. The molecule has 0 unspecified atom stereocenters. The van der Waals surface area contributed by atoms with Gasteiger partial charge in [0, 0.05) is 15.3 Å². The average Bonchev–Trinajstić information content (AvgIpc) is 2.89. The van der Waals surface area contributed by atoms with Gasteiger partial charge >= 0.3 is 5.63 Å². The van der Waals surface area contributed by atoms with Crippen molar-refractivity contribution in [2.24, 2.45) is 0 Å². The third-order valence-corrected chi connectivity index (χ3v) is 3.91. The van der Waals surface area contributed by atoms with Crippen molar-refractivity contribution in [3.8, 4) is 5.75 Å². The first-order valence-corrected chi connectivity index (χ1v) is 7.70. The molecule has 1 N–H and O–H groups in total. The van der Waals surface area contributed by atoms with E-state index in [-0.39, 0.29) is 0 Å². The molecule has 0 aliphatic rings. The zero-order chi connectivity index (χ0) is 16.4. The number of hydrogen-bond acceptors (Lipinski definition) is 3. The second-order valence-electron chi connectivity index (χ2n) is 4.95. The summed E-state index contributed by atoms with van der Waals surface area (Å²) in [4.78, 5) is 15.1. The van der Waals surface area contributed by atoms with Crippen molar-refractivity contribution in [1.82, 2.24) is 4.98 Å². The van der Waals surface area contributed by atoms with Crippen molar-refractivity contribution >= 4 is 28.6 Å². The first-order chi connectivity index (χ1) is 11.1. The van der Waals surface area contributed by atoms with E-state index in [4.69, 9.17) is 9.15 Å². The molecule has 2 aromatic carbocycles. The Morgan fingerprint density at radius 2 is 2.04 bits per heavy atom. The predicted octanol–water partition coefficient (Wildman–Crippen LogP) is 2.27. The summed E-state index contributed by atoms with van der Waals surface area (Å²) in [6.07, 6.45) is 1.70. The van der Waals surface area contributed by atoms with Gasteiger partial charge in [0.05, 0.1) is 7.11 Å². The summed E-state index contributed by atoms with van der Waals surface area (Å²) in [7, 11) is 1.59. The van der Waals surface area contributed by atoms with Gasteiger partial charge in [0.25, 0.3) is 0 Å². The molecule has 116 valence electrons. The molecule has 0 fully saturated rings. The lowest BCUT2D eigenvalue weighted by atomic mass is 10.2. The van der Waals surface area contributed by atoms with Gasteiger partial charge in [-0.25, -0.2) is 4.79 Å². The quantitative estimate of drug-likeness (QED) is 0.751. The lowest BCUT2D eigenvalue weighted by Crippen LogP contribution is -2.20. The van der Waals surface area contributed by atoms with Crippen molar-refractivity contribution in [2.75, 3.05) is 7.11 Å². The SMILES string of the molecule is C=c1ccccc1=c1[nH]/c(=C/c2cc(Br)ccc2OC)c(=O)o1. The molecule has 3 aromatic rings. The Kier molecular flexibility index (Phi) is 4.21. The molecule has 1 aromatic heterocycles. The van der Waals surface area contributed by atoms with Crippen molar-refractivity contribution in [3.63, 3.8) is 0 Å². The summed E-state index contributed by atoms with van der Waals surface area (Å²) in [6, 6.07) is 13.0. The predicted molar refractivity (Wildman–Crippen MR) is 92.5 cm³/mol. The van der Waals surface area contributed by atoms with Crippen molar-refractivity contribution in [1.29, 1.82) is 0 Å². The second kappa shape index (κ2) is 6.30. The van der Waals surface area contributed by atoms with Gasteiger partial charge < -0.3 is 14.1 Å². The van der Waals surface area contributed by atoms with Crippen LogP contribution in [0.1, 0.15) is 5.56 Å². The molecule has 0 saturated carbocycles. The van der Waals surface area contributed by atoms with E-state index < -0.39 is 5.63 Å². The maximum Gasteiger partial charge on any atom is 0.361 e. The van der Waals surface area contributed by atoms with Crippen LogP contribution in [0.2, 0.25) is 0 Å². The van der Waals surface area contributed by atoms with Crippen molar-refractivity contribution in [2.45, 2.75) is 0 Å². The van der Waals surface area contributed by atoms with Crippen LogP contribution in [0.25, 0.3) is 12.7 Å². The largest absolute Gasteiger partial charge is 0.496 e. The third kappa shape index (κ3) is 3.14. The maximum atomic E-state index is 12.1. The minimum atomic E-state index is -0.440. The lowest BCUT2D eigenvalue weighted by Gasteiger charge is -2.04. The van der Waals surface area contributed by atoms with Gasteiger partial charge in [-0.1, -0.05) is 40.7 Å². The molecule has 0 spiro atoms. The van der Waals surface area contributed by atoms with Gasteiger partial charge in [-0.3, -0.25) is 0 Å². The molecule has 0 amide bonds. The fraction of sp³-hybridized carbons (Fsp3) is 0.0556. The first kappa shape index (κ1) is 15.4. The molecular formula is C18H14BrNO3. The van der Waals surface area contributed by atoms with Crippen LogP contribution in [0.15, 0.2) is 56.1 Å². The number of oxazole rings is 1. The molecule has 0 aliphatic heterocycles. The molecule has 5 heteroatoms. The summed E-state index contributed by atoms with van der Waals surface area (Å²) in [5.41, 5.74) is 0.719. The highest BCUT2D eigenvalue weighted by Crippen LogP contribution is 2.23. The van der Waals surface area contributed by atoms with Gasteiger partial charge in [-0.05, 0) is 35.6 Å². The first-order valence-electron chi connectivity index (χ1n) is 6.91. The molecule has 0 aliphatic carbocycles. The smallest absolute Gasteiger partial charge is 0.361 e. The Labute approximate surface area is 140 Å². The van der Waals surface area contributed by atoms with Gasteiger partial charge in [0.1, 0.15) is 11.1 Å². The van der Waals surface area contributed by atoms with E-state index in [0.717, 1.165) is 20.5 Å². The Bertz CT molecular complexity index is 1110. The number of nitrogens with one attached hydrogen (secondary N) is 1. The molecule has 0 saturated heterocycles. The molecule has 0 atom stereocenters. The zero-order valence-corrected chi connectivity index (χ0v) is 14.0. The highest BCUT2D eigenvalue weighted by molar-refractivity contribution is 9.10. The van der Waals surface area contributed by atoms with Crippen LogP contribution >= 0.6 is 15.9 Å². The normalized spacial score (nSPS) is 13.2. The van der Waals surface area contributed by atoms with Crippen LogP contribution in [0.4, 0.5) is 0 Å². The summed E-state index contributed by atoms with van der Waals surface area (Å²) >= 11 is 3.41. The Morgan fingerprint density at radius 1 is 1.26 bits per heavy atom. The van der Waals surface area contributed by atoms with Crippen LogP contribution < -0.4 is 20.9 Å². The fourth-order valence-electron chi connectivity index (χ4n) is 2.28. The number of aromatic amines is 1. The van der Waals surface area contributed by atoms with E-state index in [1.165, 1.54) is 0 Å². The van der Waals surface area contributed by atoms with Gasteiger partial charge in [-0.15, -0.1) is 0 Å². The number of hydrogen-bond donors (Lipinski definition) is 1. The Hall–Kier alpha value is -2.53. The summed E-state index contributed by atoms with van der Waals surface area (Å²) in [6.45, 7) is 3.94. The highest BCUT2D eigenvalue weighted by atomic mass is 79.9. The highest BCUT2D eigenvalue weighted by Gasteiger charge is 2.03. The lowest BCUT2D eigenvalue weighted by molar-refractivity contribution is 0.413. The van der Waals surface area contributed by atoms with Gasteiger partial charge in [0.2, 0.25) is 5.55 Å². The number of methoxy groups -OCH3 is 1. The van der Waals surface area contributed by atoms with Crippen LogP contribution in [-0.4, -0.2) is 12.1 Å². The average molecular weight is 372 g/mol. The summed E-state index contributed by atoms with van der Waals surface area (Å²) in [5, 5.41) is 1.88. The number of aromatic nitrogens is 1. The van der Waals surface area contributed by atoms with Gasteiger partial charge in [0.15, 0.2) is 0 Å². The second-order valence-corrected chi connectivity index (χ2v) is 5.86. The summed E-state index contributed by atoms with van der Waals surface area (Å²) < 4.78 is 11.5. The number of H-pyrrole nitrogens is 1. The van der Waals surface area contributed by atoms with E-state index in [1.54, 1.807) is 13.2 Å². The molecule has 0 bridgehead atoms. The van der Waals surface area contributed by atoms with Crippen LogP contribution in [-0.2, 0) is 0 Å². The Morgan fingerprint density at radius 3 is 2.78 bits per heavy atom. The van der Waals surface area contributed by atoms with E-state index >= 15 is 0 Å². The van der Waals surface area contributed by atoms with Crippen LogP contribution in [0.5, 0.6) is 5.75 Å². The summed E-state index contributed by atoms with van der Waals surface area (Å²) in [5.74, 6) is 0.668. The number of halogens is 1. The van der Waals surface area contributed by atoms with E-state index in [2.05, 4.69) is 27.5 Å². The van der Waals surface area contributed by atoms with E-state index in [1.807, 2.05) is 42.5 Å². The Balaban J connectivity index is 2.31. The molecule has 0 radical (unpaired) electrons. The van der Waals surface area contributed by atoms with Crippen molar-refractivity contribution in [3.05, 3.63) is 84.3 Å². The fourth-order valence-corrected chi connectivity index (χ4v) is 2.66. The van der Waals surface area contributed by atoms with Gasteiger partial charge in [-0.2, -0.15) is 0 Å². The minimum absolute atomic E-state index is 0.347. The monoisotopic (exact) mass is 371 g/mol. The zero-order valence-electron chi connectivity index (χ0n) is 12.4. The minimum Gasteiger partial charge on any atom is -0.496 e. The topological polar surface area (TPSA) is 55.2 Å². The van der Waals surface area contributed by atoms with E-state index in [0.29, 0.717) is 16.6 Å². The molecule has 23 heavy (non-hydrogen) atoms. The number of benzene rings is 2. The van der Waals surface area contributed by atoms with Crippen LogP contribution in [0.3, 0.4) is 0 Å². The van der Waals surface area contributed by atoms with Crippen LogP contribution in [0, 0.1) is 10.8 Å². The van der Waals surface area contributed by atoms with E-state index in [9.17, 15) is 4.79 Å². The standard InChI is InChI=1S/C18H14BrNO3/c1-11-5-3-4-6-14(11)17-20-15(18(21)23-17)10-12-9-13(19)7-8-16(12)22-2/h3-10,20H,1H2,2H3/b15-10+,17-14?. The maximum absolute atomic E-state index is 12.1. The van der Waals surface area contributed by atoms with Crippen molar-refractivity contribution < 1.29 is 9.15 Å². The third-order valence-electron chi connectivity index (χ3n) is 3.42. The number of rotatable bonds is 2.